The molecule has 0 bridgehead atoms. The lowest BCUT2D eigenvalue weighted by Gasteiger charge is -2.27. The number of para-hydroxylation sites is 2. The first-order chi connectivity index (χ1) is 22.0. The Kier molecular flexibility index (Phi) is 10.5. The molecule has 13 heteroatoms. The minimum Gasteiger partial charge on any atom is -0.459 e. The van der Waals surface area contributed by atoms with Crippen LogP contribution in [0, 0.1) is 17.3 Å². The fourth-order valence-electron chi connectivity index (χ4n) is 6.57. The number of nitrogens with one attached hydrogen (secondary N) is 1. The van der Waals surface area contributed by atoms with Gasteiger partial charge in [0.25, 0.3) is 6.01 Å². The van der Waals surface area contributed by atoms with E-state index in [1.54, 1.807) is 4.90 Å². The summed E-state index contributed by atoms with van der Waals surface area (Å²) in [5, 5.41) is 0. The molecule has 5 atom stereocenters. The quantitative estimate of drug-likeness (QED) is 0.317. The van der Waals surface area contributed by atoms with Crippen LogP contribution in [-0.4, -0.2) is 84.2 Å². The molecule has 1 aliphatic carbocycles. The summed E-state index contributed by atoms with van der Waals surface area (Å²) in [6.45, 7) is 4.97. The second-order valence-electron chi connectivity index (χ2n) is 13.1. The highest BCUT2D eigenvalue weighted by atomic mass is 32.2. The summed E-state index contributed by atoms with van der Waals surface area (Å²) >= 11 is 0. The van der Waals surface area contributed by atoms with E-state index in [0.717, 1.165) is 47.4 Å². The molecule has 2 aromatic rings. The highest BCUT2D eigenvalue weighted by molar-refractivity contribution is 7.87. The predicted octanol–water partition coefficient (Wildman–Crippen LogP) is 3.81. The molecule has 5 rings (SSSR count). The van der Waals surface area contributed by atoms with Crippen molar-refractivity contribution in [3.05, 3.63) is 36.4 Å². The van der Waals surface area contributed by atoms with E-state index in [9.17, 15) is 22.8 Å². The number of imidazole rings is 1. The fraction of sp³-hybridized carbons (Fsp3) is 0.636. The average Bonchev–Trinajstić information content (AvgIpc) is 3.36. The highest BCUT2D eigenvalue weighted by Crippen LogP contribution is 2.57. The molecule has 1 aromatic heterocycles. The van der Waals surface area contributed by atoms with Gasteiger partial charge in [-0.15, -0.1) is 0 Å². The lowest BCUT2D eigenvalue weighted by atomic mass is 9.91. The van der Waals surface area contributed by atoms with E-state index in [2.05, 4.69) is 4.72 Å². The van der Waals surface area contributed by atoms with Crippen molar-refractivity contribution in [2.75, 3.05) is 27.2 Å². The number of Topliss-reactive ketones (excluding diaryl/α,β-unsaturated/α-hetero) is 1. The van der Waals surface area contributed by atoms with Crippen LogP contribution in [0.4, 0.5) is 0 Å². The third-order valence-corrected chi connectivity index (χ3v) is 10.9. The van der Waals surface area contributed by atoms with E-state index < -0.39 is 33.7 Å². The largest absolute Gasteiger partial charge is 0.459 e. The maximum absolute atomic E-state index is 14.2. The average molecular weight is 658 g/mol. The number of benzene rings is 1. The molecule has 3 aliphatic rings. The lowest BCUT2D eigenvalue weighted by molar-refractivity contribution is -0.141. The molecule has 0 unspecified atom stereocenters. The van der Waals surface area contributed by atoms with Gasteiger partial charge in [0.2, 0.25) is 11.8 Å². The second-order valence-corrected chi connectivity index (χ2v) is 15.0. The Balaban J connectivity index is 1.42. The number of nitrogens with zero attached hydrogens (tertiary/aromatic N) is 4. The van der Waals surface area contributed by atoms with Crippen LogP contribution in [0.5, 0.6) is 6.01 Å². The smallest absolute Gasteiger partial charge is 0.303 e. The number of rotatable bonds is 9. The number of aromatic nitrogens is 2. The van der Waals surface area contributed by atoms with Crippen molar-refractivity contribution in [2.24, 2.45) is 17.3 Å². The lowest BCUT2D eigenvalue weighted by Crippen LogP contribution is -2.47. The number of allylic oxidation sites excluding steroid dienone is 2. The zero-order valence-corrected chi connectivity index (χ0v) is 28.1. The van der Waals surface area contributed by atoms with Crippen LogP contribution < -0.4 is 9.46 Å². The van der Waals surface area contributed by atoms with E-state index in [4.69, 9.17) is 14.5 Å². The third kappa shape index (κ3) is 7.31. The Hall–Kier alpha value is -3.29. The summed E-state index contributed by atoms with van der Waals surface area (Å²) in [6.07, 6.45) is 9.10. The number of hydrogen-bond acceptors (Lipinski definition) is 8. The van der Waals surface area contributed by atoms with Gasteiger partial charge in [0.05, 0.1) is 29.0 Å². The number of carbonyl (C=O) groups is 3. The Morgan fingerprint density at radius 3 is 2.72 bits per heavy atom. The SMILES string of the molecule is CCCOCn1c(O[C@@H]2C[C@H]3C(=O)C[C@]4(C(=O)NS(=O)(=O)N(C)C)C[C@H]4/C=C\CCCCC[C@H](C)C(=O)N3C2)nc2ccccc21. The fourth-order valence-corrected chi connectivity index (χ4v) is 7.19. The number of ketones is 1. The van der Waals surface area contributed by atoms with E-state index in [-0.39, 0.29) is 49.6 Å². The molecule has 2 fully saturated rings. The summed E-state index contributed by atoms with van der Waals surface area (Å²) in [6, 6.07) is 7.21. The van der Waals surface area contributed by atoms with E-state index >= 15 is 0 Å². The maximum atomic E-state index is 14.2. The standard InChI is InChI=1S/C33H47N5O7S/c1-5-17-44-22-38-27-16-12-11-15-26(27)34-32(38)45-25-18-28-29(39)20-33(31(41)35-46(42,43)36(3)4)19-24(33)14-10-8-6-7-9-13-23(2)30(40)37(28)21-25/h10-12,14-16,23-25,28H,5-9,13,17-22H2,1-4H3,(H,35,41)/b14-10-/t23-,24+,25+,28-,33+/m0/s1. The molecule has 12 nitrogen and oxygen atoms in total. The first kappa shape index (κ1) is 34.1. The molecule has 46 heavy (non-hydrogen) atoms. The summed E-state index contributed by atoms with van der Waals surface area (Å²) < 4.78 is 42.4. The number of carbonyl (C=O) groups excluding carboxylic acids is 3. The maximum Gasteiger partial charge on any atom is 0.303 e. The van der Waals surface area contributed by atoms with Crippen molar-refractivity contribution >= 4 is 38.8 Å². The first-order valence-corrected chi connectivity index (χ1v) is 17.8. The zero-order valence-electron chi connectivity index (χ0n) is 27.3. The summed E-state index contributed by atoms with van der Waals surface area (Å²) in [7, 11) is -1.37. The van der Waals surface area contributed by atoms with E-state index in [1.165, 1.54) is 14.1 Å². The van der Waals surface area contributed by atoms with Crippen LogP contribution in [0.1, 0.15) is 71.6 Å². The molecule has 0 spiro atoms. The highest BCUT2D eigenvalue weighted by Gasteiger charge is 2.61. The molecule has 1 saturated carbocycles. The minimum atomic E-state index is -4.05. The molecule has 3 heterocycles. The monoisotopic (exact) mass is 657 g/mol. The normalized spacial score (nSPS) is 28.3. The second kappa shape index (κ2) is 14.2. The van der Waals surface area contributed by atoms with Crippen molar-refractivity contribution in [1.82, 2.24) is 23.5 Å². The van der Waals surface area contributed by atoms with E-state index in [1.807, 2.05) is 54.8 Å². The van der Waals surface area contributed by atoms with Gasteiger partial charge in [-0.25, -0.2) is 4.72 Å². The van der Waals surface area contributed by atoms with Crippen molar-refractivity contribution in [3.8, 4) is 6.01 Å². The molecule has 2 amide bonds. The Morgan fingerprint density at radius 2 is 1.96 bits per heavy atom. The summed E-state index contributed by atoms with van der Waals surface area (Å²) in [4.78, 5) is 47.9. The van der Waals surface area contributed by atoms with Crippen molar-refractivity contribution in [2.45, 2.75) is 90.5 Å². The van der Waals surface area contributed by atoms with Gasteiger partial charge < -0.3 is 14.4 Å². The van der Waals surface area contributed by atoms with E-state index in [0.29, 0.717) is 25.5 Å². The van der Waals surface area contributed by atoms with Crippen LogP contribution in [0.25, 0.3) is 11.0 Å². The Bertz CT molecular complexity index is 1570. The number of ether oxygens (including phenoxy) is 2. The van der Waals surface area contributed by atoms with Gasteiger partial charge >= 0.3 is 10.2 Å². The summed E-state index contributed by atoms with van der Waals surface area (Å²) in [5.41, 5.74) is 0.413. The molecule has 0 radical (unpaired) electrons. The predicted molar refractivity (Wildman–Crippen MR) is 173 cm³/mol. The van der Waals surface area contributed by atoms with Gasteiger partial charge in [-0.05, 0) is 50.2 Å². The Labute approximate surface area is 271 Å². The van der Waals surface area contributed by atoms with Crippen molar-refractivity contribution < 1.29 is 32.3 Å². The summed E-state index contributed by atoms with van der Waals surface area (Å²) in [5.74, 6) is -1.62. The van der Waals surface area contributed by atoms with Crippen LogP contribution in [0.3, 0.4) is 0 Å². The van der Waals surface area contributed by atoms with Gasteiger partial charge in [0.1, 0.15) is 12.8 Å². The number of fused-ring (bicyclic) bond motifs is 3. The van der Waals surface area contributed by atoms with Crippen LogP contribution in [0.2, 0.25) is 0 Å². The molecule has 2 aliphatic heterocycles. The zero-order chi connectivity index (χ0) is 33.1. The number of hydrogen-bond donors (Lipinski definition) is 1. The van der Waals surface area contributed by atoms with Gasteiger partial charge in [-0.2, -0.15) is 17.7 Å². The number of amides is 2. The van der Waals surface area contributed by atoms with Gasteiger partial charge in [-0.3, -0.25) is 19.0 Å². The third-order valence-electron chi connectivity index (χ3n) is 9.45. The molecular formula is C33H47N5O7S. The van der Waals surface area contributed by atoms with Gasteiger partial charge in [-0.1, -0.05) is 51.0 Å². The first-order valence-electron chi connectivity index (χ1n) is 16.4. The van der Waals surface area contributed by atoms with Gasteiger partial charge in [0.15, 0.2) is 5.78 Å². The van der Waals surface area contributed by atoms with Crippen LogP contribution in [0.15, 0.2) is 36.4 Å². The molecule has 1 saturated heterocycles. The van der Waals surface area contributed by atoms with Crippen molar-refractivity contribution in [1.29, 1.82) is 0 Å². The Morgan fingerprint density at radius 1 is 1.17 bits per heavy atom. The van der Waals surface area contributed by atoms with Crippen LogP contribution in [-0.2, 0) is 36.1 Å². The van der Waals surface area contributed by atoms with Gasteiger partial charge in [0, 0.05) is 39.5 Å². The van der Waals surface area contributed by atoms with Crippen LogP contribution >= 0.6 is 0 Å². The molecule has 1 aromatic carbocycles. The molecule has 1 N–H and O–H groups in total. The van der Waals surface area contributed by atoms with Crippen molar-refractivity contribution in [3.63, 3.8) is 0 Å². The topological polar surface area (TPSA) is 140 Å². The molecule has 252 valence electrons. The molecular weight excluding hydrogens is 610 g/mol. The minimum absolute atomic E-state index is 0.113.